The van der Waals surface area contributed by atoms with Crippen LogP contribution in [0.25, 0.3) is 116 Å². The third-order valence-corrected chi connectivity index (χ3v) is 14.5. The van der Waals surface area contributed by atoms with Crippen LogP contribution in [0.1, 0.15) is 40.0 Å². The Hall–Kier alpha value is -10.3. The van der Waals surface area contributed by atoms with E-state index in [9.17, 15) is 0 Å². The van der Waals surface area contributed by atoms with Crippen LogP contribution in [0.5, 0.6) is 11.5 Å². The molecule has 0 aliphatic rings. The number of rotatable bonds is 9. The molecule has 4 aromatic heterocycles. The molecule has 0 radical (unpaired) electrons. The zero-order valence-corrected chi connectivity index (χ0v) is 42.5. The Morgan fingerprint density at radius 2 is 1.19 bits per heavy atom. The van der Waals surface area contributed by atoms with Crippen molar-refractivity contribution in [2.75, 3.05) is 0 Å². The van der Waals surface area contributed by atoms with Crippen LogP contribution in [0.15, 0.2) is 249 Å². The maximum Gasteiger partial charge on any atom is 0.269 e. The Morgan fingerprint density at radius 1 is 0.526 bits per heavy atom. The fourth-order valence-corrected chi connectivity index (χ4v) is 10.9. The lowest BCUT2D eigenvalue weighted by Gasteiger charge is -2.20. The fraction of sp³-hybridized carbons (Fsp3) is 0.0563. The first kappa shape index (κ1) is 36.6. The van der Waals surface area contributed by atoms with Gasteiger partial charge in [0.05, 0.1) is 64.8 Å². The van der Waals surface area contributed by atoms with Gasteiger partial charge < -0.3 is 9.30 Å². The zero-order chi connectivity index (χ0) is 61.2. The lowest BCUT2D eigenvalue weighted by atomic mass is 9.88. The van der Waals surface area contributed by atoms with Crippen molar-refractivity contribution in [2.24, 2.45) is 0 Å². The van der Waals surface area contributed by atoms with Crippen LogP contribution in [0.4, 0.5) is 5.69 Å². The van der Waals surface area contributed by atoms with Crippen LogP contribution in [-0.2, 0) is 5.41 Å². The van der Waals surface area contributed by atoms with Gasteiger partial charge in [0, 0.05) is 45.1 Å². The number of benzene rings is 10. The van der Waals surface area contributed by atoms with Gasteiger partial charge in [-0.1, -0.05) is 184 Å². The zero-order valence-electron chi connectivity index (χ0n) is 52.5. The third kappa shape index (κ3) is 7.81. The molecule has 0 atom stereocenters. The maximum absolute atomic E-state index is 9.12. The van der Waals surface area contributed by atoms with Gasteiger partial charge in [-0.15, -0.1) is 0 Å². The molecular weight excluding hydrogens is 953 g/mol. The van der Waals surface area contributed by atoms with Gasteiger partial charge >= 0.3 is 0 Å². The Labute approximate surface area is 466 Å². The minimum atomic E-state index is -0.593. The number of aromatic nitrogens is 5. The third-order valence-electron chi connectivity index (χ3n) is 14.5. The first-order chi connectivity index (χ1) is 42.4. The van der Waals surface area contributed by atoms with Gasteiger partial charge in [-0.05, 0) is 112 Å². The molecular formula is C71H50N6O. The number of hydrogen-bond donors (Lipinski definition) is 0. The topological polar surface area (TPSA) is 45.1 Å². The second-order valence-corrected chi connectivity index (χ2v) is 20.1. The highest BCUT2D eigenvalue weighted by Crippen LogP contribution is 2.43. The lowest BCUT2D eigenvalue weighted by molar-refractivity contribution is -0.571. The second kappa shape index (κ2) is 18.5. The highest BCUT2D eigenvalue weighted by Gasteiger charge is 2.23. The summed E-state index contributed by atoms with van der Waals surface area (Å²) in [6, 6.07) is 53.7. The standard InChI is InChI=1S/C71H50N6O/c1-71(2,3)50-38-39-73-68(41-50)77-64-37-34-49(58-29-19-30-61-59-26-14-15-31-63(59)76(70(58)61)52-24-12-7-13-25-52)40-62(64)60-36-35-54(45-67(60)77)78-55-43-51(72-4)42-53(44-55)74-46-75(66-33-17-16-32-65(66)74)69-56(47-20-8-5-9-21-47)27-18-28-57(69)48-22-10-6-11-23-48/h5-45H,1-3H3/i5D,6D,8D,9D,10D,11D,20D,21D,22D,23D. The van der Waals surface area contributed by atoms with Crippen molar-refractivity contribution in [1.82, 2.24) is 18.7 Å². The molecule has 0 spiro atoms. The average Bonchev–Trinajstić information content (AvgIpc) is 1.49. The predicted molar refractivity (Wildman–Crippen MR) is 318 cm³/mol. The van der Waals surface area contributed by atoms with Gasteiger partial charge in [0.1, 0.15) is 17.3 Å². The fourth-order valence-electron chi connectivity index (χ4n) is 10.9. The van der Waals surface area contributed by atoms with Gasteiger partial charge in [0.15, 0.2) is 5.69 Å². The number of nitrogens with zero attached hydrogens (tertiary/aromatic N) is 6. The van der Waals surface area contributed by atoms with Crippen LogP contribution in [0.2, 0.25) is 0 Å². The van der Waals surface area contributed by atoms with Crippen LogP contribution in [0.3, 0.4) is 0 Å². The molecule has 0 bridgehead atoms. The van der Waals surface area contributed by atoms with Crippen LogP contribution >= 0.6 is 0 Å². The Kier molecular flexibility index (Phi) is 8.70. The van der Waals surface area contributed by atoms with E-state index in [0.29, 0.717) is 28.2 Å². The minimum Gasteiger partial charge on any atom is -0.459 e. The number of pyridine rings is 1. The molecule has 0 unspecified atom stereocenters. The van der Waals surface area contributed by atoms with Crippen molar-refractivity contribution in [2.45, 2.75) is 26.2 Å². The van der Waals surface area contributed by atoms with Crippen LogP contribution in [0, 0.1) is 12.9 Å². The quantitative estimate of drug-likeness (QED) is 0.107. The second-order valence-electron chi connectivity index (χ2n) is 20.1. The highest BCUT2D eigenvalue weighted by atomic mass is 16.5. The maximum atomic E-state index is 9.12. The Morgan fingerprint density at radius 3 is 1.95 bits per heavy atom. The summed E-state index contributed by atoms with van der Waals surface area (Å²) >= 11 is 0. The first-order valence-corrected chi connectivity index (χ1v) is 25.5. The van der Waals surface area contributed by atoms with Crippen LogP contribution < -0.4 is 9.30 Å². The largest absolute Gasteiger partial charge is 0.459 e. The number of para-hydroxylation sites is 6. The van der Waals surface area contributed by atoms with Gasteiger partial charge in [-0.2, -0.15) is 0 Å². The Bertz CT molecular complexity index is 5180. The number of ether oxygens (including phenoxy) is 1. The summed E-state index contributed by atoms with van der Waals surface area (Å²) in [7, 11) is 0. The summed E-state index contributed by atoms with van der Waals surface area (Å²) in [5.41, 5.74) is 9.80. The molecule has 370 valence electrons. The molecule has 0 aliphatic heterocycles. The molecule has 7 nitrogen and oxygen atoms in total. The average molecular weight is 1010 g/mol. The van der Waals surface area contributed by atoms with Crippen LogP contribution in [-0.4, -0.2) is 18.7 Å². The van der Waals surface area contributed by atoms with Gasteiger partial charge in [-0.3, -0.25) is 13.7 Å². The monoisotopic (exact) mass is 1010 g/mol. The number of hydrogen-bond acceptors (Lipinski definition) is 2. The molecule has 0 N–H and O–H groups in total. The predicted octanol–water partition coefficient (Wildman–Crippen LogP) is 17.9. The van der Waals surface area contributed by atoms with E-state index in [0.717, 1.165) is 71.8 Å². The van der Waals surface area contributed by atoms with Crippen molar-refractivity contribution in [3.63, 3.8) is 0 Å². The summed E-state index contributed by atoms with van der Waals surface area (Å²) in [5, 5.41) is 4.28. The normalized spacial score (nSPS) is 13.6. The molecule has 0 fully saturated rings. The molecule has 14 aromatic rings. The summed E-state index contributed by atoms with van der Waals surface area (Å²) in [6.07, 6.45) is 5.27. The molecule has 10 aromatic carbocycles. The molecule has 0 amide bonds. The molecule has 4 heterocycles. The first-order valence-electron chi connectivity index (χ1n) is 30.5. The Balaban J connectivity index is 0.940. The highest BCUT2D eigenvalue weighted by molar-refractivity contribution is 6.16. The minimum absolute atomic E-state index is 0.109. The van der Waals surface area contributed by atoms with Crippen molar-refractivity contribution >= 4 is 60.3 Å². The van der Waals surface area contributed by atoms with E-state index in [4.69, 9.17) is 30.0 Å². The molecule has 0 saturated carbocycles. The number of fused-ring (bicyclic) bond motifs is 7. The van der Waals surface area contributed by atoms with E-state index in [1.165, 1.54) is 0 Å². The van der Waals surface area contributed by atoms with E-state index in [1.54, 1.807) is 57.7 Å². The molecule has 0 aliphatic carbocycles. The molecule has 14 rings (SSSR count). The van der Waals surface area contributed by atoms with E-state index in [1.807, 2.05) is 42.6 Å². The summed E-state index contributed by atoms with van der Waals surface area (Å²) < 4.78 is 103. The summed E-state index contributed by atoms with van der Waals surface area (Å²) in [5.74, 6) is 1.52. The van der Waals surface area contributed by atoms with Gasteiger partial charge in [-0.25, -0.2) is 9.83 Å². The smallest absolute Gasteiger partial charge is 0.269 e. The van der Waals surface area contributed by atoms with E-state index in [-0.39, 0.29) is 39.0 Å². The SMILES string of the molecule is [2H]c1c([2H])c([2H])c(-c2cccc(-c3c([2H])c([2H])c([2H])c([2H])c3[2H])c2-[n+]2[c-]n(-c3cc([N+]#[C-])cc(Oc4ccc5c6cc(-c7cccc8c9ccccc9n(-c9ccccc9)c78)ccc6n(-c6cc(C(C)(C)C)ccn6)c5c4)c3)c3ccccc32)c([2H])c1[2H]. The summed E-state index contributed by atoms with van der Waals surface area (Å²) in [4.78, 5) is 8.88. The molecule has 0 saturated heterocycles. The molecule has 7 heteroatoms. The van der Waals surface area contributed by atoms with Crippen molar-refractivity contribution in [1.29, 1.82) is 0 Å². The van der Waals surface area contributed by atoms with E-state index >= 15 is 0 Å². The van der Waals surface area contributed by atoms with E-state index < -0.39 is 60.4 Å². The van der Waals surface area contributed by atoms with Crippen molar-refractivity contribution in [3.8, 4) is 67.8 Å². The van der Waals surface area contributed by atoms with Crippen molar-refractivity contribution < 1.29 is 23.0 Å². The van der Waals surface area contributed by atoms with Gasteiger partial charge in [0.2, 0.25) is 0 Å². The van der Waals surface area contributed by atoms with Crippen molar-refractivity contribution in [3.05, 3.63) is 272 Å². The number of imidazole rings is 1. The lowest BCUT2D eigenvalue weighted by Crippen LogP contribution is -2.31. The molecule has 78 heavy (non-hydrogen) atoms. The van der Waals surface area contributed by atoms with Gasteiger partial charge in [0.25, 0.3) is 6.33 Å². The summed E-state index contributed by atoms with van der Waals surface area (Å²) in [6.45, 7) is 14.9. The van der Waals surface area contributed by atoms with E-state index in [2.05, 4.69) is 138 Å².